The van der Waals surface area contributed by atoms with Gasteiger partial charge in [0.2, 0.25) is 0 Å². The lowest BCUT2D eigenvalue weighted by atomic mass is 9.76. The van der Waals surface area contributed by atoms with E-state index in [0.717, 1.165) is 17.8 Å². The molecule has 4 heteroatoms. The van der Waals surface area contributed by atoms with Crippen molar-refractivity contribution in [1.82, 2.24) is 4.90 Å². The number of carbonyl (C=O) groups excluding carboxylic acids is 1. The highest BCUT2D eigenvalue weighted by atomic mass is 16.5. The van der Waals surface area contributed by atoms with Crippen LogP contribution in [0.25, 0.3) is 0 Å². The smallest absolute Gasteiger partial charge is 0.253 e. The van der Waals surface area contributed by atoms with Crippen LogP contribution in [0.3, 0.4) is 0 Å². The van der Waals surface area contributed by atoms with E-state index in [1.807, 2.05) is 26.1 Å². The van der Waals surface area contributed by atoms with E-state index in [9.17, 15) is 4.79 Å². The Morgan fingerprint density at radius 3 is 2.67 bits per heavy atom. The number of likely N-dealkylation sites (tertiary alicyclic amines) is 1. The minimum absolute atomic E-state index is 0.0493. The Hall–Kier alpha value is -1.71. The molecule has 0 N–H and O–H groups in total. The highest BCUT2D eigenvalue weighted by molar-refractivity contribution is 5.98. The van der Waals surface area contributed by atoms with Gasteiger partial charge in [-0.25, -0.2) is 0 Å². The summed E-state index contributed by atoms with van der Waals surface area (Å²) in [5, 5.41) is 0. The zero-order valence-corrected chi connectivity index (χ0v) is 11.3. The summed E-state index contributed by atoms with van der Waals surface area (Å²) in [5.74, 6) is 1.59. The summed E-state index contributed by atoms with van der Waals surface area (Å²) in [4.78, 5) is 14.0. The normalized spacial score (nSPS) is 29.7. The van der Waals surface area contributed by atoms with Crippen LogP contribution in [0.5, 0.6) is 0 Å². The van der Waals surface area contributed by atoms with E-state index in [1.54, 1.807) is 19.1 Å². The third-order valence-electron chi connectivity index (χ3n) is 3.71. The lowest BCUT2D eigenvalue weighted by Gasteiger charge is -2.28. The van der Waals surface area contributed by atoms with Crippen LogP contribution in [0.2, 0.25) is 0 Å². The van der Waals surface area contributed by atoms with Crippen molar-refractivity contribution >= 4 is 5.91 Å². The number of amides is 1. The molecule has 0 aromatic rings. The van der Waals surface area contributed by atoms with Gasteiger partial charge in [0.25, 0.3) is 5.91 Å². The van der Waals surface area contributed by atoms with E-state index in [1.165, 1.54) is 0 Å². The summed E-state index contributed by atoms with van der Waals surface area (Å²) >= 11 is 0. The number of likely N-dealkylation sites (N-methyl/N-ethyl adjacent to an activating group) is 1. The first-order valence-corrected chi connectivity index (χ1v) is 5.98. The van der Waals surface area contributed by atoms with Crippen molar-refractivity contribution in [3.63, 3.8) is 0 Å². The molecular weight excluding hydrogens is 230 g/mol. The molecule has 1 aliphatic carbocycles. The van der Waals surface area contributed by atoms with Gasteiger partial charge in [0.15, 0.2) is 0 Å². The van der Waals surface area contributed by atoms with Crippen LogP contribution < -0.4 is 0 Å². The van der Waals surface area contributed by atoms with Crippen LogP contribution in [-0.2, 0) is 14.3 Å². The fourth-order valence-electron chi connectivity index (χ4n) is 2.70. The Balaban J connectivity index is 2.42. The van der Waals surface area contributed by atoms with E-state index < -0.39 is 0 Å². The van der Waals surface area contributed by atoms with E-state index >= 15 is 0 Å². The molecular formula is C14H19NO3. The molecule has 1 atom stereocenters. The maximum Gasteiger partial charge on any atom is 0.253 e. The Bertz CT molecular complexity index is 462. The highest BCUT2D eigenvalue weighted by Gasteiger charge is 2.46. The van der Waals surface area contributed by atoms with Crippen molar-refractivity contribution in [2.24, 2.45) is 5.41 Å². The number of carbonyl (C=O) groups is 1. The van der Waals surface area contributed by atoms with Gasteiger partial charge in [-0.05, 0) is 25.5 Å². The van der Waals surface area contributed by atoms with Crippen molar-refractivity contribution in [1.29, 1.82) is 0 Å². The van der Waals surface area contributed by atoms with E-state index in [-0.39, 0.29) is 11.3 Å². The molecule has 0 aromatic heterocycles. The number of nitrogens with zero attached hydrogens (tertiary/aromatic N) is 1. The zero-order chi connectivity index (χ0) is 13.3. The molecule has 1 saturated heterocycles. The maximum atomic E-state index is 12.2. The topological polar surface area (TPSA) is 38.8 Å². The molecule has 1 fully saturated rings. The van der Waals surface area contributed by atoms with Gasteiger partial charge in [0.1, 0.15) is 11.5 Å². The Morgan fingerprint density at radius 1 is 1.44 bits per heavy atom. The van der Waals surface area contributed by atoms with E-state index in [0.29, 0.717) is 12.3 Å². The number of ether oxygens (including phenoxy) is 2. The van der Waals surface area contributed by atoms with Crippen LogP contribution in [0.15, 0.2) is 35.3 Å². The minimum Gasteiger partial charge on any atom is -0.501 e. The van der Waals surface area contributed by atoms with Crippen LogP contribution in [0.4, 0.5) is 0 Å². The number of methoxy groups -OCH3 is 2. The first-order valence-electron chi connectivity index (χ1n) is 5.98. The summed E-state index contributed by atoms with van der Waals surface area (Å²) in [7, 11) is 5.07. The second kappa shape index (κ2) is 4.52. The lowest BCUT2D eigenvalue weighted by molar-refractivity contribution is -0.123. The van der Waals surface area contributed by atoms with Gasteiger partial charge in [-0.15, -0.1) is 0 Å². The zero-order valence-electron chi connectivity index (χ0n) is 11.3. The van der Waals surface area contributed by atoms with Crippen molar-refractivity contribution in [3.8, 4) is 0 Å². The lowest BCUT2D eigenvalue weighted by Crippen LogP contribution is -2.25. The molecule has 0 radical (unpaired) electrons. The number of rotatable bonds is 2. The van der Waals surface area contributed by atoms with Crippen molar-refractivity contribution in [3.05, 3.63) is 35.3 Å². The number of allylic oxidation sites excluding steroid dienone is 3. The van der Waals surface area contributed by atoms with E-state index in [2.05, 4.69) is 6.08 Å². The first-order chi connectivity index (χ1) is 8.54. The van der Waals surface area contributed by atoms with Gasteiger partial charge in [-0.3, -0.25) is 4.79 Å². The number of hydrogen-bond donors (Lipinski definition) is 0. The van der Waals surface area contributed by atoms with Crippen LogP contribution in [0.1, 0.15) is 13.3 Å². The van der Waals surface area contributed by atoms with Crippen LogP contribution in [0, 0.1) is 5.41 Å². The summed E-state index contributed by atoms with van der Waals surface area (Å²) in [5.41, 5.74) is 0.490. The largest absolute Gasteiger partial charge is 0.501 e. The monoisotopic (exact) mass is 249 g/mol. The fourth-order valence-corrected chi connectivity index (χ4v) is 2.70. The molecule has 1 aliphatic heterocycles. The molecule has 1 amide bonds. The third kappa shape index (κ3) is 1.82. The van der Waals surface area contributed by atoms with Gasteiger partial charge < -0.3 is 14.4 Å². The molecule has 18 heavy (non-hydrogen) atoms. The van der Waals surface area contributed by atoms with Crippen molar-refractivity contribution in [2.45, 2.75) is 13.3 Å². The SMILES string of the molecule is COC1=CC[C@]2(C=C1)CN(C)C(=O)/C2=C(\C)OC. The average Bonchev–Trinajstić information content (AvgIpc) is 2.62. The fraction of sp³-hybridized carbons (Fsp3) is 0.500. The number of hydrogen-bond acceptors (Lipinski definition) is 3. The van der Waals surface area contributed by atoms with Gasteiger partial charge in [-0.1, -0.05) is 6.08 Å². The van der Waals surface area contributed by atoms with Gasteiger partial charge >= 0.3 is 0 Å². The summed E-state index contributed by atoms with van der Waals surface area (Å²) in [6.07, 6.45) is 6.78. The molecule has 0 unspecified atom stereocenters. The van der Waals surface area contributed by atoms with Crippen molar-refractivity contribution in [2.75, 3.05) is 27.8 Å². The van der Waals surface area contributed by atoms with Gasteiger partial charge in [0.05, 0.1) is 19.8 Å². The third-order valence-corrected chi connectivity index (χ3v) is 3.71. The Kier molecular flexibility index (Phi) is 3.20. The quantitative estimate of drug-likeness (QED) is 0.554. The summed E-state index contributed by atoms with van der Waals surface area (Å²) in [6.45, 7) is 2.53. The molecule has 98 valence electrons. The maximum absolute atomic E-state index is 12.2. The van der Waals surface area contributed by atoms with Crippen LogP contribution >= 0.6 is 0 Å². The minimum atomic E-state index is -0.270. The second-order valence-electron chi connectivity index (χ2n) is 4.80. The van der Waals surface area contributed by atoms with Gasteiger partial charge in [0, 0.05) is 19.0 Å². The van der Waals surface area contributed by atoms with Crippen molar-refractivity contribution < 1.29 is 14.3 Å². The predicted octanol–water partition coefficient (Wildman–Crippen LogP) is 1.86. The average molecular weight is 249 g/mol. The Morgan fingerprint density at radius 2 is 2.17 bits per heavy atom. The second-order valence-corrected chi connectivity index (χ2v) is 4.80. The molecule has 0 aromatic carbocycles. The predicted molar refractivity (Wildman–Crippen MR) is 68.6 cm³/mol. The molecule has 1 spiro atoms. The molecule has 2 rings (SSSR count). The Labute approximate surface area is 108 Å². The standard InChI is InChI=1S/C14H19NO3/c1-10(17-3)12-13(16)15(2)9-14(12)7-5-11(18-4)6-8-14/h5-7H,8-9H2,1-4H3/b12-10-/t14-/m1/s1. The first kappa shape index (κ1) is 12.7. The van der Waals surface area contributed by atoms with Gasteiger partial charge in [-0.2, -0.15) is 0 Å². The molecule has 2 aliphatic rings. The molecule has 0 saturated carbocycles. The highest BCUT2D eigenvalue weighted by Crippen LogP contribution is 2.44. The van der Waals surface area contributed by atoms with E-state index in [4.69, 9.17) is 9.47 Å². The molecule has 1 heterocycles. The summed E-state index contributed by atoms with van der Waals surface area (Å²) in [6, 6.07) is 0. The van der Waals surface area contributed by atoms with Crippen LogP contribution in [-0.4, -0.2) is 38.6 Å². The molecule has 4 nitrogen and oxygen atoms in total. The molecule has 0 bridgehead atoms. The summed E-state index contributed by atoms with van der Waals surface area (Å²) < 4.78 is 10.5.